The lowest BCUT2D eigenvalue weighted by Gasteiger charge is -2.33. The molecule has 0 bridgehead atoms. The number of carboxylic acid groups (broad SMARTS) is 1. The second-order valence-corrected chi connectivity index (χ2v) is 7.97. The van der Waals surface area contributed by atoms with Crippen LogP contribution in [0.2, 0.25) is 5.15 Å². The molecule has 3 aromatic rings. The van der Waals surface area contributed by atoms with E-state index in [1.54, 1.807) is 18.5 Å². The smallest absolute Gasteiger partial charge is 0.404 e. The van der Waals surface area contributed by atoms with E-state index in [9.17, 15) is 9.59 Å². The summed E-state index contributed by atoms with van der Waals surface area (Å²) < 4.78 is 0. The highest BCUT2D eigenvalue weighted by molar-refractivity contribution is 6.29. The molecule has 9 nitrogen and oxygen atoms in total. The number of hydrogen-bond donors (Lipinski definition) is 3. The predicted molar refractivity (Wildman–Crippen MR) is 122 cm³/mol. The molecule has 3 N–H and O–H groups in total. The van der Waals surface area contributed by atoms with Gasteiger partial charge in [0.2, 0.25) is 5.91 Å². The standard InChI is InChI=1S/C22H23ClN6O3/c23-19-12-15(1-6-25-19)18-11-16-13-24-5-2-17(16)20(28-18)29-9-3-14(4-10-29)21(30)26-7-8-27-22(31)32/h1-2,5-6,11-14,27H,3-4,7-10H2,(H,26,30)(H,31,32). The van der Waals surface area contributed by atoms with Gasteiger partial charge in [0.1, 0.15) is 11.0 Å². The van der Waals surface area contributed by atoms with E-state index < -0.39 is 6.09 Å². The second-order valence-electron chi connectivity index (χ2n) is 7.58. The predicted octanol–water partition coefficient (Wildman–Crippen LogP) is 2.95. The third-order valence-electron chi connectivity index (χ3n) is 5.50. The molecule has 4 rings (SSSR count). The van der Waals surface area contributed by atoms with E-state index in [1.807, 2.05) is 24.4 Å². The summed E-state index contributed by atoms with van der Waals surface area (Å²) in [5, 5.41) is 16.0. The van der Waals surface area contributed by atoms with Gasteiger partial charge in [-0.25, -0.2) is 14.8 Å². The molecular weight excluding hydrogens is 432 g/mol. The Morgan fingerprint density at radius 3 is 2.66 bits per heavy atom. The molecule has 0 unspecified atom stereocenters. The summed E-state index contributed by atoms with van der Waals surface area (Å²) in [6, 6.07) is 7.60. The second kappa shape index (κ2) is 9.78. The van der Waals surface area contributed by atoms with E-state index in [2.05, 4.69) is 25.5 Å². The number of anilines is 1. The van der Waals surface area contributed by atoms with Gasteiger partial charge in [0.05, 0.1) is 5.69 Å². The average Bonchev–Trinajstić information content (AvgIpc) is 2.81. The van der Waals surface area contributed by atoms with Crippen molar-refractivity contribution in [2.45, 2.75) is 12.8 Å². The molecule has 1 saturated heterocycles. The van der Waals surface area contributed by atoms with Gasteiger partial charge < -0.3 is 20.6 Å². The maximum Gasteiger partial charge on any atom is 0.404 e. The molecular formula is C22H23ClN6O3. The summed E-state index contributed by atoms with van der Waals surface area (Å²) in [5.41, 5.74) is 1.66. The van der Waals surface area contributed by atoms with Gasteiger partial charge in [0.25, 0.3) is 0 Å². The highest BCUT2D eigenvalue weighted by Crippen LogP contribution is 2.32. The summed E-state index contributed by atoms with van der Waals surface area (Å²) in [6.07, 6.45) is 5.51. The fourth-order valence-electron chi connectivity index (χ4n) is 3.88. The Labute approximate surface area is 189 Å². The number of amides is 2. The lowest BCUT2D eigenvalue weighted by Crippen LogP contribution is -2.42. The number of carbonyl (C=O) groups excluding carboxylic acids is 1. The summed E-state index contributed by atoms with van der Waals surface area (Å²) in [5.74, 6) is 0.711. The minimum Gasteiger partial charge on any atom is -0.465 e. The van der Waals surface area contributed by atoms with Crippen LogP contribution in [0.15, 0.2) is 42.9 Å². The molecule has 0 aromatic carbocycles. The van der Waals surface area contributed by atoms with Gasteiger partial charge in [0.15, 0.2) is 0 Å². The molecule has 1 fully saturated rings. The molecule has 1 aliphatic rings. The first-order valence-corrected chi connectivity index (χ1v) is 10.7. The molecule has 0 saturated carbocycles. The van der Waals surface area contributed by atoms with Crippen LogP contribution in [0.3, 0.4) is 0 Å². The Balaban J connectivity index is 1.49. The van der Waals surface area contributed by atoms with Gasteiger partial charge in [-0.1, -0.05) is 11.6 Å². The first kappa shape index (κ1) is 21.8. The van der Waals surface area contributed by atoms with Crippen LogP contribution in [0.1, 0.15) is 12.8 Å². The minimum atomic E-state index is -1.10. The molecule has 2 amide bonds. The molecule has 10 heteroatoms. The van der Waals surface area contributed by atoms with Crippen LogP contribution in [0.4, 0.5) is 10.6 Å². The quantitative estimate of drug-likeness (QED) is 0.386. The third-order valence-corrected chi connectivity index (χ3v) is 5.71. The van der Waals surface area contributed by atoms with Crippen LogP contribution in [-0.4, -0.2) is 58.2 Å². The zero-order valence-corrected chi connectivity index (χ0v) is 18.0. The monoisotopic (exact) mass is 454 g/mol. The fourth-order valence-corrected chi connectivity index (χ4v) is 4.06. The summed E-state index contributed by atoms with van der Waals surface area (Å²) in [7, 11) is 0. The van der Waals surface area contributed by atoms with Crippen LogP contribution >= 0.6 is 11.6 Å². The first-order chi connectivity index (χ1) is 15.5. The molecule has 166 valence electrons. The van der Waals surface area contributed by atoms with E-state index >= 15 is 0 Å². The topological polar surface area (TPSA) is 120 Å². The maximum atomic E-state index is 12.4. The van der Waals surface area contributed by atoms with Crippen molar-refractivity contribution >= 4 is 40.2 Å². The number of carbonyl (C=O) groups is 2. The number of pyridine rings is 3. The number of aromatic nitrogens is 3. The van der Waals surface area contributed by atoms with Crippen LogP contribution < -0.4 is 15.5 Å². The normalized spacial score (nSPS) is 14.3. The van der Waals surface area contributed by atoms with Gasteiger partial charge in [0, 0.05) is 67.0 Å². The lowest BCUT2D eigenvalue weighted by atomic mass is 9.95. The van der Waals surface area contributed by atoms with Crippen molar-refractivity contribution in [3.63, 3.8) is 0 Å². The highest BCUT2D eigenvalue weighted by Gasteiger charge is 2.26. The minimum absolute atomic E-state index is 0.0426. The first-order valence-electron chi connectivity index (χ1n) is 10.4. The number of piperidine rings is 1. The van der Waals surface area contributed by atoms with Crippen molar-refractivity contribution < 1.29 is 14.7 Å². The fraction of sp³-hybridized carbons (Fsp3) is 0.318. The summed E-state index contributed by atoms with van der Waals surface area (Å²) >= 11 is 6.08. The number of hydrogen-bond acceptors (Lipinski definition) is 6. The zero-order valence-electron chi connectivity index (χ0n) is 17.3. The highest BCUT2D eigenvalue weighted by atomic mass is 35.5. The molecule has 4 heterocycles. The van der Waals surface area contributed by atoms with Crippen LogP contribution in [0.5, 0.6) is 0 Å². The summed E-state index contributed by atoms with van der Waals surface area (Å²) in [4.78, 5) is 38.3. The van der Waals surface area contributed by atoms with Crippen molar-refractivity contribution in [3.8, 4) is 11.3 Å². The Morgan fingerprint density at radius 2 is 1.91 bits per heavy atom. The Morgan fingerprint density at radius 1 is 1.12 bits per heavy atom. The van der Waals surface area contributed by atoms with Crippen molar-refractivity contribution in [1.29, 1.82) is 0 Å². The van der Waals surface area contributed by atoms with E-state index in [1.165, 1.54) is 0 Å². The number of nitrogens with one attached hydrogen (secondary N) is 2. The summed E-state index contributed by atoms with van der Waals surface area (Å²) in [6.45, 7) is 1.85. The average molecular weight is 455 g/mol. The SMILES string of the molecule is O=C(O)NCCNC(=O)C1CCN(c2nc(-c3ccnc(Cl)c3)cc3cnccc23)CC1. The van der Waals surface area contributed by atoms with E-state index in [4.69, 9.17) is 21.7 Å². The number of fused-ring (bicyclic) bond motifs is 1. The van der Waals surface area contributed by atoms with Crippen LogP contribution in [0, 0.1) is 5.92 Å². The zero-order chi connectivity index (χ0) is 22.5. The van der Waals surface area contributed by atoms with Gasteiger partial charge in [-0.2, -0.15) is 0 Å². The molecule has 1 aliphatic heterocycles. The maximum absolute atomic E-state index is 12.4. The van der Waals surface area contributed by atoms with E-state index in [0.29, 0.717) is 31.1 Å². The van der Waals surface area contributed by atoms with E-state index in [0.717, 1.165) is 27.8 Å². The molecule has 0 spiro atoms. The molecule has 0 aliphatic carbocycles. The Hall–Kier alpha value is -3.46. The Bertz CT molecular complexity index is 1130. The molecule has 0 atom stereocenters. The molecule has 0 radical (unpaired) electrons. The number of halogens is 1. The van der Waals surface area contributed by atoms with Gasteiger partial charge >= 0.3 is 6.09 Å². The molecule has 32 heavy (non-hydrogen) atoms. The van der Waals surface area contributed by atoms with Gasteiger partial charge in [-0.05, 0) is 37.1 Å². The number of nitrogens with zero attached hydrogens (tertiary/aromatic N) is 4. The van der Waals surface area contributed by atoms with Gasteiger partial charge in [-0.3, -0.25) is 9.78 Å². The van der Waals surface area contributed by atoms with Crippen LogP contribution in [-0.2, 0) is 4.79 Å². The van der Waals surface area contributed by atoms with Crippen molar-refractivity contribution in [2.75, 3.05) is 31.1 Å². The van der Waals surface area contributed by atoms with Crippen molar-refractivity contribution in [3.05, 3.63) is 48.0 Å². The third kappa shape index (κ3) is 5.05. The number of rotatable bonds is 6. The Kier molecular flexibility index (Phi) is 6.65. The van der Waals surface area contributed by atoms with Crippen molar-refractivity contribution in [1.82, 2.24) is 25.6 Å². The van der Waals surface area contributed by atoms with Crippen LogP contribution in [0.25, 0.3) is 22.0 Å². The van der Waals surface area contributed by atoms with Crippen molar-refractivity contribution in [2.24, 2.45) is 5.92 Å². The largest absolute Gasteiger partial charge is 0.465 e. The van der Waals surface area contributed by atoms with Gasteiger partial charge in [-0.15, -0.1) is 0 Å². The van der Waals surface area contributed by atoms with E-state index in [-0.39, 0.29) is 24.9 Å². The molecule has 3 aromatic heterocycles. The lowest BCUT2D eigenvalue weighted by molar-refractivity contribution is -0.125.